The molecule has 0 aliphatic heterocycles. The predicted molar refractivity (Wildman–Crippen MR) is 121 cm³/mol. The third kappa shape index (κ3) is 5.62. The highest BCUT2D eigenvalue weighted by molar-refractivity contribution is 8.00. The van der Waals surface area contributed by atoms with Gasteiger partial charge in [0.15, 0.2) is 0 Å². The van der Waals surface area contributed by atoms with Crippen molar-refractivity contribution in [3.63, 3.8) is 0 Å². The highest BCUT2D eigenvalue weighted by atomic mass is 35.5. The second kappa shape index (κ2) is 9.63. The fourth-order valence-electron chi connectivity index (χ4n) is 2.69. The van der Waals surface area contributed by atoms with E-state index in [4.69, 9.17) is 11.6 Å². The van der Waals surface area contributed by atoms with Crippen molar-refractivity contribution in [1.29, 1.82) is 0 Å². The number of anilines is 2. The van der Waals surface area contributed by atoms with Gasteiger partial charge in [0.05, 0.1) is 11.3 Å². The smallest absolute Gasteiger partial charge is 0.256 e. The van der Waals surface area contributed by atoms with Crippen molar-refractivity contribution in [2.45, 2.75) is 18.7 Å². The van der Waals surface area contributed by atoms with E-state index in [0.717, 1.165) is 21.7 Å². The first-order valence-corrected chi connectivity index (χ1v) is 10.4. The number of nitrogens with one attached hydrogen (secondary N) is 2. The Kier molecular flexibility index (Phi) is 6.96. The average molecular weight is 425 g/mol. The molecular formula is C23H21ClN2O2S. The first kappa shape index (κ1) is 21.0. The van der Waals surface area contributed by atoms with Gasteiger partial charge in [-0.05, 0) is 55.8 Å². The van der Waals surface area contributed by atoms with Crippen molar-refractivity contribution in [3.8, 4) is 0 Å². The SMILES string of the molecule is Cc1ccc(NC(=O)CSc2ccccc2C(=O)Nc2cccc(Cl)c2C)cc1. The van der Waals surface area contributed by atoms with Gasteiger partial charge >= 0.3 is 0 Å². The summed E-state index contributed by atoms with van der Waals surface area (Å²) < 4.78 is 0. The Balaban J connectivity index is 1.66. The van der Waals surface area contributed by atoms with Crippen molar-refractivity contribution in [1.82, 2.24) is 0 Å². The molecule has 0 heterocycles. The minimum Gasteiger partial charge on any atom is -0.325 e. The monoisotopic (exact) mass is 424 g/mol. The van der Waals surface area contributed by atoms with Crippen LogP contribution in [0.2, 0.25) is 5.02 Å². The van der Waals surface area contributed by atoms with E-state index in [0.29, 0.717) is 16.3 Å². The lowest BCUT2D eigenvalue weighted by Crippen LogP contribution is -2.16. The third-order valence-electron chi connectivity index (χ3n) is 4.34. The van der Waals surface area contributed by atoms with E-state index >= 15 is 0 Å². The number of thioether (sulfide) groups is 1. The van der Waals surface area contributed by atoms with Crippen LogP contribution in [0.5, 0.6) is 0 Å². The van der Waals surface area contributed by atoms with Crippen molar-refractivity contribution in [2.24, 2.45) is 0 Å². The van der Waals surface area contributed by atoms with Gasteiger partial charge in [-0.25, -0.2) is 0 Å². The lowest BCUT2D eigenvalue weighted by Gasteiger charge is -2.12. The van der Waals surface area contributed by atoms with Crippen molar-refractivity contribution in [3.05, 3.63) is 88.4 Å². The Bertz CT molecular complexity index is 1040. The quantitative estimate of drug-likeness (QED) is 0.481. The molecule has 0 unspecified atom stereocenters. The second-order valence-electron chi connectivity index (χ2n) is 6.57. The molecule has 2 amide bonds. The standard InChI is InChI=1S/C23H21ClN2O2S/c1-15-10-12-17(13-11-15)25-22(27)14-29-21-9-4-3-6-18(21)23(28)26-20-8-5-7-19(24)16(20)2/h3-13H,14H2,1-2H3,(H,25,27)(H,26,28). The van der Waals surface area contributed by atoms with Gasteiger partial charge in [-0.3, -0.25) is 9.59 Å². The van der Waals surface area contributed by atoms with E-state index in [9.17, 15) is 9.59 Å². The Morgan fingerprint density at radius 2 is 1.62 bits per heavy atom. The maximum atomic E-state index is 12.8. The molecule has 0 saturated carbocycles. The topological polar surface area (TPSA) is 58.2 Å². The summed E-state index contributed by atoms with van der Waals surface area (Å²) in [5.41, 5.74) is 3.88. The number of aryl methyl sites for hydroxylation is 1. The van der Waals surface area contributed by atoms with Gasteiger partial charge < -0.3 is 10.6 Å². The fourth-order valence-corrected chi connectivity index (χ4v) is 3.71. The largest absolute Gasteiger partial charge is 0.325 e. The molecule has 0 aliphatic rings. The van der Waals surface area contributed by atoms with Crippen LogP contribution >= 0.6 is 23.4 Å². The Morgan fingerprint density at radius 3 is 2.38 bits per heavy atom. The van der Waals surface area contributed by atoms with E-state index in [2.05, 4.69) is 10.6 Å². The van der Waals surface area contributed by atoms with E-state index in [-0.39, 0.29) is 17.6 Å². The van der Waals surface area contributed by atoms with Gasteiger partial charge in [0, 0.05) is 21.3 Å². The molecule has 2 N–H and O–H groups in total. The zero-order valence-electron chi connectivity index (χ0n) is 16.2. The third-order valence-corrected chi connectivity index (χ3v) is 5.82. The number of amides is 2. The maximum Gasteiger partial charge on any atom is 0.256 e. The van der Waals surface area contributed by atoms with Crippen LogP contribution in [0.15, 0.2) is 71.6 Å². The van der Waals surface area contributed by atoms with Crippen LogP contribution in [-0.4, -0.2) is 17.6 Å². The van der Waals surface area contributed by atoms with E-state index < -0.39 is 0 Å². The zero-order chi connectivity index (χ0) is 20.8. The molecule has 148 valence electrons. The molecule has 0 atom stereocenters. The number of carbonyl (C=O) groups excluding carboxylic acids is 2. The lowest BCUT2D eigenvalue weighted by molar-refractivity contribution is -0.113. The molecule has 0 aliphatic carbocycles. The molecule has 3 aromatic rings. The van der Waals surface area contributed by atoms with Crippen LogP contribution < -0.4 is 10.6 Å². The minimum atomic E-state index is -0.239. The summed E-state index contributed by atoms with van der Waals surface area (Å²) in [6, 6.07) is 20.2. The van der Waals surface area contributed by atoms with Gasteiger partial charge in [0.1, 0.15) is 0 Å². The van der Waals surface area contributed by atoms with Crippen LogP contribution in [0.3, 0.4) is 0 Å². The maximum absolute atomic E-state index is 12.8. The van der Waals surface area contributed by atoms with Gasteiger partial charge in [-0.2, -0.15) is 0 Å². The zero-order valence-corrected chi connectivity index (χ0v) is 17.7. The Hall–Kier alpha value is -2.76. The summed E-state index contributed by atoms with van der Waals surface area (Å²) in [5, 5.41) is 6.37. The summed E-state index contributed by atoms with van der Waals surface area (Å²) >= 11 is 7.46. The number of carbonyl (C=O) groups is 2. The van der Waals surface area contributed by atoms with Crippen LogP contribution in [0, 0.1) is 13.8 Å². The summed E-state index contributed by atoms with van der Waals surface area (Å²) in [7, 11) is 0. The Morgan fingerprint density at radius 1 is 0.897 bits per heavy atom. The molecular weight excluding hydrogens is 404 g/mol. The summed E-state index contributed by atoms with van der Waals surface area (Å²) in [6.45, 7) is 3.85. The Labute approximate surface area is 179 Å². The highest BCUT2D eigenvalue weighted by Gasteiger charge is 2.14. The fraction of sp³-hybridized carbons (Fsp3) is 0.130. The summed E-state index contributed by atoms with van der Waals surface area (Å²) in [6.07, 6.45) is 0. The highest BCUT2D eigenvalue weighted by Crippen LogP contribution is 2.26. The van der Waals surface area contributed by atoms with Crippen molar-refractivity contribution < 1.29 is 9.59 Å². The average Bonchev–Trinajstić information content (AvgIpc) is 2.72. The molecule has 4 nitrogen and oxygen atoms in total. The molecule has 0 fully saturated rings. The van der Waals surface area contributed by atoms with Gasteiger partial charge in [0.25, 0.3) is 5.91 Å². The molecule has 29 heavy (non-hydrogen) atoms. The molecule has 0 aromatic heterocycles. The molecule has 0 radical (unpaired) electrons. The first-order valence-electron chi connectivity index (χ1n) is 9.09. The van der Waals surface area contributed by atoms with Crippen LogP contribution in [0.1, 0.15) is 21.5 Å². The molecule has 3 rings (SSSR count). The number of rotatable bonds is 6. The van der Waals surface area contributed by atoms with Gasteiger partial charge in [-0.15, -0.1) is 11.8 Å². The van der Waals surface area contributed by atoms with Gasteiger partial charge in [0.2, 0.25) is 5.91 Å². The lowest BCUT2D eigenvalue weighted by atomic mass is 10.1. The number of benzene rings is 3. The van der Waals surface area contributed by atoms with Crippen LogP contribution in [0.25, 0.3) is 0 Å². The molecule has 0 saturated heterocycles. The van der Waals surface area contributed by atoms with Crippen molar-refractivity contribution >= 4 is 46.6 Å². The predicted octanol–water partition coefficient (Wildman–Crippen LogP) is 5.94. The van der Waals surface area contributed by atoms with E-state index in [1.54, 1.807) is 24.3 Å². The molecule has 0 bridgehead atoms. The number of halogens is 1. The number of hydrogen-bond acceptors (Lipinski definition) is 3. The van der Waals surface area contributed by atoms with Crippen LogP contribution in [0.4, 0.5) is 11.4 Å². The molecule has 3 aromatic carbocycles. The van der Waals surface area contributed by atoms with E-state index in [1.165, 1.54) is 11.8 Å². The van der Waals surface area contributed by atoms with E-state index in [1.807, 2.05) is 56.3 Å². The molecule has 6 heteroatoms. The van der Waals surface area contributed by atoms with Crippen LogP contribution in [-0.2, 0) is 4.79 Å². The minimum absolute atomic E-state index is 0.125. The second-order valence-corrected chi connectivity index (χ2v) is 7.99. The summed E-state index contributed by atoms with van der Waals surface area (Å²) in [5.74, 6) is -0.161. The van der Waals surface area contributed by atoms with Crippen molar-refractivity contribution in [2.75, 3.05) is 16.4 Å². The first-order chi connectivity index (χ1) is 13.9. The normalized spacial score (nSPS) is 10.4. The summed E-state index contributed by atoms with van der Waals surface area (Å²) in [4.78, 5) is 25.8. The number of hydrogen-bond donors (Lipinski definition) is 2. The van der Waals surface area contributed by atoms with Gasteiger partial charge in [-0.1, -0.05) is 47.5 Å². The molecule has 0 spiro atoms.